The van der Waals surface area contributed by atoms with E-state index in [0.717, 1.165) is 36.8 Å². The molecule has 134 valence electrons. The number of benzene rings is 1. The fourth-order valence-corrected chi connectivity index (χ4v) is 3.17. The van der Waals surface area contributed by atoms with Crippen molar-refractivity contribution in [3.63, 3.8) is 0 Å². The number of carbonyl (C=O) groups excluding carboxylic acids is 2. The van der Waals surface area contributed by atoms with Crippen LogP contribution in [-0.4, -0.2) is 41.0 Å². The number of fused-ring (bicyclic) bond motifs is 1. The van der Waals surface area contributed by atoms with Gasteiger partial charge in [0.05, 0.1) is 0 Å². The number of H-pyrrole nitrogens is 1. The molecule has 0 spiro atoms. The second-order valence-corrected chi connectivity index (χ2v) is 7.81. The Bertz CT molecular complexity index is 795. The number of esters is 1. The molecule has 1 unspecified atom stereocenters. The molecule has 0 aliphatic carbocycles. The molecule has 25 heavy (non-hydrogen) atoms. The zero-order valence-corrected chi connectivity index (χ0v) is 15.4. The SMILES string of the molecule is CC(OC(=O)c1cc2ccc(C(C)(C)C)cc2[nH]1)C(=O)N1CCCC1. The van der Waals surface area contributed by atoms with Crippen molar-refractivity contribution in [2.24, 2.45) is 0 Å². The summed E-state index contributed by atoms with van der Waals surface area (Å²) in [5, 5.41) is 0.957. The molecule has 5 nitrogen and oxygen atoms in total. The fourth-order valence-electron chi connectivity index (χ4n) is 3.17. The molecule has 0 saturated carbocycles. The summed E-state index contributed by atoms with van der Waals surface area (Å²) in [6, 6.07) is 7.91. The summed E-state index contributed by atoms with van der Waals surface area (Å²) in [7, 11) is 0. The third-order valence-corrected chi connectivity index (χ3v) is 4.76. The van der Waals surface area contributed by atoms with Gasteiger partial charge in [-0.3, -0.25) is 4.79 Å². The highest BCUT2D eigenvalue weighted by molar-refractivity contribution is 5.96. The molecule has 1 fully saturated rings. The molecular weight excluding hydrogens is 316 g/mol. The van der Waals surface area contributed by atoms with Crippen LogP contribution in [0.5, 0.6) is 0 Å². The Hall–Kier alpha value is -2.30. The maximum atomic E-state index is 12.4. The maximum absolute atomic E-state index is 12.4. The first kappa shape index (κ1) is 17.5. The number of likely N-dealkylation sites (tertiary alicyclic amines) is 1. The van der Waals surface area contributed by atoms with E-state index >= 15 is 0 Å². The van der Waals surface area contributed by atoms with Crippen molar-refractivity contribution in [1.29, 1.82) is 0 Å². The lowest BCUT2D eigenvalue weighted by atomic mass is 9.87. The number of ether oxygens (including phenoxy) is 1. The van der Waals surface area contributed by atoms with Gasteiger partial charge < -0.3 is 14.6 Å². The van der Waals surface area contributed by atoms with Crippen molar-refractivity contribution < 1.29 is 14.3 Å². The summed E-state index contributed by atoms with van der Waals surface area (Å²) in [5.41, 5.74) is 2.51. The van der Waals surface area contributed by atoms with Gasteiger partial charge in [0.15, 0.2) is 6.10 Å². The predicted octanol–water partition coefficient (Wildman–Crippen LogP) is 3.63. The normalized spacial score (nSPS) is 16.2. The third-order valence-electron chi connectivity index (χ3n) is 4.76. The number of hydrogen-bond acceptors (Lipinski definition) is 3. The van der Waals surface area contributed by atoms with E-state index in [-0.39, 0.29) is 11.3 Å². The summed E-state index contributed by atoms with van der Waals surface area (Å²) in [4.78, 5) is 29.6. The van der Waals surface area contributed by atoms with Gasteiger partial charge in [0, 0.05) is 24.0 Å². The molecule has 1 saturated heterocycles. The second kappa shape index (κ2) is 6.54. The summed E-state index contributed by atoms with van der Waals surface area (Å²) < 4.78 is 5.38. The highest BCUT2D eigenvalue weighted by atomic mass is 16.5. The lowest BCUT2D eigenvalue weighted by molar-refractivity contribution is -0.138. The van der Waals surface area contributed by atoms with E-state index in [2.05, 4.69) is 37.9 Å². The van der Waals surface area contributed by atoms with Gasteiger partial charge >= 0.3 is 5.97 Å². The van der Waals surface area contributed by atoms with Crippen LogP contribution in [0.1, 0.15) is 56.6 Å². The first-order chi connectivity index (χ1) is 11.8. The van der Waals surface area contributed by atoms with E-state index in [1.54, 1.807) is 17.9 Å². The molecule has 3 rings (SSSR count). The number of hydrogen-bond donors (Lipinski definition) is 1. The molecule has 0 bridgehead atoms. The van der Waals surface area contributed by atoms with Crippen LogP contribution in [0.15, 0.2) is 24.3 Å². The number of rotatable bonds is 3. The molecule has 5 heteroatoms. The fraction of sp³-hybridized carbons (Fsp3) is 0.500. The van der Waals surface area contributed by atoms with Gasteiger partial charge in [-0.1, -0.05) is 32.9 Å². The van der Waals surface area contributed by atoms with Crippen LogP contribution in [0.4, 0.5) is 0 Å². The predicted molar refractivity (Wildman–Crippen MR) is 97.7 cm³/mol. The molecule has 2 heterocycles. The summed E-state index contributed by atoms with van der Waals surface area (Å²) >= 11 is 0. The number of nitrogens with one attached hydrogen (secondary N) is 1. The second-order valence-electron chi connectivity index (χ2n) is 7.81. The topological polar surface area (TPSA) is 62.4 Å². The van der Waals surface area contributed by atoms with E-state index in [1.165, 1.54) is 5.56 Å². The van der Waals surface area contributed by atoms with E-state index in [4.69, 9.17) is 4.74 Å². The van der Waals surface area contributed by atoms with Crippen LogP contribution in [0.25, 0.3) is 10.9 Å². The quantitative estimate of drug-likeness (QED) is 0.866. The van der Waals surface area contributed by atoms with Crippen LogP contribution in [0, 0.1) is 0 Å². The molecule has 1 N–H and O–H groups in total. The number of nitrogens with zero attached hydrogens (tertiary/aromatic N) is 1. The molecule has 1 amide bonds. The Labute approximate surface area is 148 Å². The zero-order valence-electron chi connectivity index (χ0n) is 15.4. The molecule has 1 aromatic heterocycles. The zero-order chi connectivity index (χ0) is 18.2. The molecular formula is C20H26N2O3. The smallest absolute Gasteiger partial charge is 0.355 e. The van der Waals surface area contributed by atoms with E-state index in [0.29, 0.717) is 5.69 Å². The average Bonchev–Trinajstić information content (AvgIpc) is 3.21. The standard InChI is InChI=1S/C20H26N2O3/c1-13(18(23)22-9-5-6-10-22)25-19(24)17-11-14-7-8-15(20(2,3)4)12-16(14)21-17/h7-8,11-13,21H,5-6,9-10H2,1-4H3. The molecule has 0 radical (unpaired) electrons. The van der Waals surface area contributed by atoms with Crippen LogP contribution in [0.2, 0.25) is 0 Å². The number of aromatic nitrogens is 1. The lowest BCUT2D eigenvalue weighted by Crippen LogP contribution is -2.38. The number of amides is 1. The Balaban J connectivity index is 1.74. The van der Waals surface area contributed by atoms with Crippen molar-refractivity contribution >= 4 is 22.8 Å². The van der Waals surface area contributed by atoms with Crippen LogP contribution in [0.3, 0.4) is 0 Å². The van der Waals surface area contributed by atoms with E-state index < -0.39 is 12.1 Å². The summed E-state index contributed by atoms with van der Waals surface area (Å²) in [5.74, 6) is -0.606. The Morgan fingerprint density at radius 3 is 2.48 bits per heavy atom. The van der Waals surface area contributed by atoms with E-state index in [1.807, 2.05) is 6.07 Å². The lowest BCUT2D eigenvalue weighted by Gasteiger charge is -2.20. The monoisotopic (exact) mass is 342 g/mol. The Morgan fingerprint density at radius 2 is 1.84 bits per heavy atom. The molecule has 2 aromatic rings. The van der Waals surface area contributed by atoms with Gasteiger partial charge in [0.1, 0.15) is 5.69 Å². The first-order valence-corrected chi connectivity index (χ1v) is 8.89. The highest BCUT2D eigenvalue weighted by Gasteiger charge is 2.26. The Kier molecular flexibility index (Phi) is 4.58. The minimum atomic E-state index is -0.762. The van der Waals surface area contributed by atoms with Gasteiger partial charge in [0.2, 0.25) is 0 Å². The molecule has 1 aromatic carbocycles. The van der Waals surface area contributed by atoms with Gasteiger partial charge in [-0.05, 0) is 42.9 Å². The van der Waals surface area contributed by atoms with Gasteiger partial charge in [-0.2, -0.15) is 0 Å². The van der Waals surface area contributed by atoms with Crippen molar-refractivity contribution in [3.05, 3.63) is 35.5 Å². The minimum Gasteiger partial charge on any atom is -0.448 e. The van der Waals surface area contributed by atoms with Gasteiger partial charge in [-0.25, -0.2) is 4.79 Å². The average molecular weight is 342 g/mol. The summed E-state index contributed by atoms with van der Waals surface area (Å²) in [6.07, 6.45) is 1.27. The molecule has 1 aliphatic rings. The van der Waals surface area contributed by atoms with Crippen molar-refractivity contribution in [3.8, 4) is 0 Å². The maximum Gasteiger partial charge on any atom is 0.355 e. The van der Waals surface area contributed by atoms with Crippen LogP contribution < -0.4 is 0 Å². The van der Waals surface area contributed by atoms with Crippen LogP contribution >= 0.6 is 0 Å². The Morgan fingerprint density at radius 1 is 1.16 bits per heavy atom. The number of carbonyl (C=O) groups is 2. The van der Waals surface area contributed by atoms with Crippen molar-refractivity contribution in [2.45, 2.75) is 52.1 Å². The van der Waals surface area contributed by atoms with Gasteiger partial charge in [-0.15, -0.1) is 0 Å². The third kappa shape index (κ3) is 3.70. The minimum absolute atomic E-state index is 0.0383. The molecule has 1 aliphatic heterocycles. The first-order valence-electron chi connectivity index (χ1n) is 8.89. The molecule has 1 atom stereocenters. The summed E-state index contributed by atoms with van der Waals surface area (Å²) in [6.45, 7) is 9.60. The van der Waals surface area contributed by atoms with E-state index in [9.17, 15) is 9.59 Å². The van der Waals surface area contributed by atoms with Crippen molar-refractivity contribution in [1.82, 2.24) is 9.88 Å². The largest absolute Gasteiger partial charge is 0.448 e. The van der Waals surface area contributed by atoms with Crippen LogP contribution in [-0.2, 0) is 14.9 Å². The number of aromatic amines is 1. The highest BCUT2D eigenvalue weighted by Crippen LogP contribution is 2.26. The van der Waals surface area contributed by atoms with Crippen molar-refractivity contribution in [2.75, 3.05) is 13.1 Å². The van der Waals surface area contributed by atoms with Gasteiger partial charge in [0.25, 0.3) is 5.91 Å².